The summed E-state index contributed by atoms with van der Waals surface area (Å²) >= 11 is 7.91. The number of fused-ring (bicyclic) bond motifs is 1. The van der Waals surface area contributed by atoms with E-state index in [0.717, 1.165) is 30.0 Å². The van der Waals surface area contributed by atoms with Crippen LogP contribution in [-0.4, -0.2) is 18.8 Å². The molecule has 1 aliphatic heterocycles. The Balaban J connectivity index is 1.96. The highest BCUT2D eigenvalue weighted by Crippen LogP contribution is 2.31. The van der Waals surface area contributed by atoms with Gasteiger partial charge in [-0.3, -0.25) is 0 Å². The molecule has 114 valence electrons. The van der Waals surface area contributed by atoms with E-state index in [1.165, 1.54) is 5.56 Å². The van der Waals surface area contributed by atoms with Crippen LogP contribution >= 0.6 is 23.4 Å². The predicted octanol–water partition coefficient (Wildman–Crippen LogP) is 4.46. The van der Waals surface area contributed by atoms with E-state index >= 15 is 0 Å². The predicted molar refractivity (Wildman–Crippen MR) is 96.6 cm³/mol. The minimum Gasteiger partial charge on any atom is -0.369 e. The van der Waals surface area contributed by atoms with Crippen LogP contribution in [0, 0.1) is 0 Å². The summed E-state index contributed by atoms with van der Waals surface area (Å²) < 4.78 is 0. The summed E-state index contributed by atoms with van der Waals surface area (Å²) in [6.45, 7) is 0.881. The van der Waals surface area contributed by atoms with Crippen LogP contribution in [0.2, 0.25) is 5.02 Å². The Morgan fingerprint density at radius 2 is 2.09 bits per heavy atom. The summed E-state index contributed by atoms with van der Waals surface area (Å²) in [5.74, 6) is 0.493. The van der Waals surface area contributed by atoms with Crippen LogP contribution in [0.4, 0.5) is 11.4 Å². The van der Waals surface area contributed by atoms with Gasteiger partial charge >= 0.3 is 0 Å². The van der Waals surface area contributed by atoms with Crippen LogP contribution in [-0.2, 0) is 6.42 Å². The fourth-order valence-electron chi connectivity index (χ4n) is 2.66. The monoisotopic (exact) mass is 331 g/mol. The minimum absolute atomic E-state index is 0.493. The van der Waals surface area contributed by atoms with Gasteiger partial charge in [0.1, 0.15) is 0 Å². The van der Waals surface area contributed by atoms with Gasteiger partial charge in [-0.15, -0.1) is 11.8 Å². The molecule has 0 spiro atoms. The number of rotatable bonds is 2. The number of aliphatic imine (C=N–C) groups is 1. The second-order valence-electron chi connectivity index (χ2n) is 5.17. The van der Waals surface area contributed by atoms with Gasteiger partial charge in [0.15, 0.2) is 0 Å². The quantitative estimate of drug-likeness (QED) is 0.502. The number of hydrogen-bond acceptors (Lipinski definition) is 2. The molecule has 0 bridgehead atoms. The number of nitrogens with zero attached hydrogens (tertiary/aromatic N) is 2. The highest BCUT2D eigenvalue weighted by molar-refractivity contribution is 7.98. The van der Waals surface area contributed by atoms with Gasteiger partial charge in [0.2, 0.25) is 5.96 Å². The first-order valence-corrected chi connectivity index (χ1v) is 8.82. The molecule has 1 aliphatic rings. The van der Waals surface area contributed by atoms with Gasteiger partial charge < -0.3 is 10.6 Å². The van der Waals surface area contributed by atoms with Crippen molar-refractivity contribution in [3.63, 3.8) is 0 Å². The molecule has 2 N–H and O–H groups in total. The lowest BCUT2D eigenvalue weighted by Crippen LogP contribution is -2.40. The first-order valence-electron chi connectivity index (χ1n) is 7.22. The zero-order chi connectivity index (χ0) is 15.5. The molecule has 2 aromatic carbocycles. The Hall–Kier alpha value is -1.65. The Kier molecular flexibility index (Phi) is 4.60. The Morgan fingerprint density at radius 1 is 1.27 bits per heavy atom. The van der Waals surface area contributed by atoms with Crippen LogP contribution in [0.5, 0.6) is 0 Å². The standard InChI is InChI=1S/C17H18ClN3S/c1-22-13-8-9-14(18)15(11-13)20-17(19)21-10-4-6-12-5-2-3-7-16(12)21/h2-3,5,7-9,11H,4,6,10H2,1H3,(H2,19,20). The van der Waals surface area contributed by atoms with Crippen molar-refractivity contribution in [3.05, 3.63) is 53.1 Å². The van der Waals surface area contributed by atoms with E-state index < -0.39 is 0 Å². The van der Waals surface area contributed by atoms with Gasteiger partial charge in [0.25, 0.3) is 0 Å². The van der Waals surface area contributed by atoms with Crippen molar-refractivity contribution in [3.8, 4) is 0 Å². The van der Waals surface area contributed by atoms with Crippen molar-refractivity contribution in [1.82, 2.24) is 0 Å². The molecular weight excluding hydrogens is 314 g/mol. The Labute approximate surface area is 140 Å². The highest BCUT2D eigenvalue weighted by Gasteiger charge is 2.19. The van der Waals surface area contributed by atoms with E-state index in [4.69, 9.17) is 17.3 Å². The normalized spacial score (nSPS) is 14.8. The van der Waals surface area contributed by atoms with Gasteiger partial charge in [-0.05, 0) is 48.9 Å². The van der Waals surface area contributed by atoms with Gasteiger partial charge in [-0.25, -0.2) is 4.99 Å². The maximum absolute atomic E-state index is 6.27. The third-order valence-electron chi connectivity index (χ3n) is 3.78. The van der Waals surface area contributed by atoms with Crippen LogP contribution in [0.25, 0.3) is 0 Å². The number of hydrogen-bond donors (Lipinski definition) is 1. The number of nitrogens with two attached hydrogens (primary N) is 1. The molecule has 0 saturated heterocycles. The number of guanidine groups is 1. The van der Waals surface area contributed by atoms with E-state index in [-0.39, 0.29) is 0 Å². The summed E-state index contributed by atoms with van der Waals surface area (Å²) in [5.41, 5.74) is 9.44. The largest absolute Gasteiger partial charge is 0.369 e. The summed E-state index contributed by atoms with van der Waals surface area (Å²) in [6.07, 6.45) is 4.19. The summed E-state index contributed by atoms with van der Waals surface area (Å²) in [6, 6.07) is 14.2. The lowest BCUT2D eigenvalue weighted by molar-refractivity contribution is 0.775. The van der Waals surface area contributed by atoms with Gasteiger partial charge in [0.05, 0.1) is 10.7 Å². The van der Waals surface area contributed by atoms with E-state index in [0.29, 0.717) is 16.7 Å². The topological polar surface area (TPSA) is 41.6 Å². The maximum atomic E-state index is 6.27. The first-order chi connectivity index (χ1) is 10.7. The number of halogens is 1. The third-order valence-corrected chi connectivity index (χ3v) is 4.82. The van der Waals surface area contributed by atoms with E-state index in [1.807, 2.05) is 30.5 Å². The molecule has 0 fully saturated rings. The minimum atomic E-state index is 0.493. The van der Waals surface area contributed by atoms with E-state index in [2.05, 4.69) is 28.1 Å². The SMILES string of the molecule is CSc1ccc(Cl)c(N=C(N)N2CCCc3ccccc32)c1. The summed E-state index contributed by atoms with van der Waals surface area (Å²) in [7, 11) is 0. The van der Waals surface area contributed by atoms with Crippen molar-refractivity contribution in [2.45, 2.75) is 17.7 Å². The molecule has 1 heterocycles. The Bertz CT molecular complexity index is 715. The van der Waals surface area contributed by atoms with Crippen LogP contribution in [0.15, 0.2) is 52.4 Å². The molecule has 0 saturated carbocycles. The van der Waals surface area contributed by atoms with E-state index in [1.54, 1.807) is 11.8 Å². The first kappa shape index (κ1) is 15.3. The number of para-hydroxylation sites is 1. The zero-order valence-electron chi connectivity index (χ0n) is 12.4. The van der Waals surface area contributed by atoms with Crippen LogP contribution in [0.1, 0.15) is 12.0 Å². The van der Waals surface area contributed by atoms with Crippen molar-refractivity contribution in [2.75, 3.05) is 17.7 Å². The molecule has 22 heavy (non-hydrogen) atoms. The van der Waals surface area contributed by atoms with Crippen molar-refractivity contribution in [1.29, 1.82) is 0 Å². The van der Waals surface area contributed by atoms with Crippen LogP contribution in [0.3, 0.4) is 0 Å². The fraction of sp³-hybridized carbons (Fsp3) is 0.235. The molecule has 3 nitrogen and oxygen atoms in total. The molecule has 3 rings (SSSR count). The van der Waals surface area contributed by atoms with Gasteiger partial charge in [-0.2, -0.15) is 0 Å². The van der Waals surface area contributed by atoms with Crippen LogP contribution < -0.4 is 10.6 Å². The molecule has 0 unspecified atom stereocenters. The highest BCUT2D eigenvalue weighted by atomic mass is 35.5. The lowest BCUT2D eigenvalue weighted by Gasteiger charge is -2.30. The number of thioether (sulfide) groups is 1. The number of aryl methyl sites for hydroxylation is 1. The average Bonchev–Trinajstić information content (AvgIpc) is 2.56. The molecular formula is C17H18ClN3S. The maximum Gasteiger partial charge on any atom is 0.201 e. The summed E-state index contributed by atoms with van der Waals surface area (Å²) in [4.78, 5) is 7.76. The van der Waals surface area contributed by atoms with Crippen molar-refractivity contribution >= 4 is 40.7 Å². The Morgan fingerprint density at radius 3 is 2.91 bits per heavy atom. The number of anilines is 1. The smallest absolute Gasteiger partial charge is 0.201 e. The fourth-order valence-corrected chi connectivity index (χ4v) is 3.25. The van der Waals surface area contributed by atoms with Gasteiger partial charge in [-0.1, -0.05) is 29.8 Å². The zero-order valence-corrected chi connectivity index (χ0v) is 14.0. The average molecular weight is 332 g/mol. The summed E-state index contributed by atoms with van der Waals surface area (Å²) in [5, 5.41) is 0.617. The molecule has 0 aromatic heterocycles. The molecule has 0 aliphatic carbocycles. The molecule has 5 heteroatoms. The van der Waals surface area contributed by atoms with Crippen molar-refractivity contribution in [2.24, 2.45) is 10.7 Å². The number of benzene rings is 2. The second kappa shape index (κ2) is 6.63. The molecule has 0 amide bonds. The molecule has 0 atom stereocenters. The lowest BCUT2D eigenvalue weighted by atomic mass is 10.0. The molecule has 2 aromatic rings. The third kappa shape index (κ3) is 3.08. The second-order valence-corrected chi connectivity index (χ2v) is 6.46. The molecule has 0 radical (unpaired) electrons. The van der Waals surface area contributed by atoms with Gasteiger partial charge in [0, 0.05) is 17.1 Å². The van der Waals surface area contributed by atoms with E-state index in [9.17, 15) is 0 Å². The van der Waals surface area contributed by atoms with Crippen molar-refractivity contribution < 1.29 is 0 Å².